The second-order valence-electron chi connectivity index (χ2n) is 4.22. The standard InChI is InChI=1S/C11H15N3OS2/c1-13(8-2-4-16-7-8)10-9(6-15)14-3-5-17-11(14)12-10/h3,5,8,15H,2,4,6-7H2,1H3. The number of fused-ring (bicyclic) bond motifs is 1. The lowest BCUT2D eigenvalue weighted by molar-refractivity contribution is 0.276. The first-order valence-electron chi connectivity index (χ1n) is 5.67. The van der Waals surface area contributed by atoms with Crippen LogP contribution in [0.1, 0.15) is 12.1 Å². The van der Waals surface area contributed by atoms with Crippen LogP contribution < -0.4 is 4.90 Å². The largest absolute Gasteiger partial charge is 0.390 e. The maximum atomic E-state index is 9.53. The highest BCUT2D eigenvalue weighted by Crippen LogP contribution is 2.29. The highest BCUT2D eigenvalue weighted by atomic mass is 32.2. The first-order valence-corrected chi connectivity index (χ1v) is 7.70. The van der Waals surface area contributed by atoms with Crippen molar-refractivity contribution in [2.24, 2.45) is 0 Å². The fourth-order valence-electron chi connectivity index (χ4n) is 2.25. The van der Waals surface area contributed by atoms with Crippen LogP contribution in [-0.2, 0) is 6.61 Å². The molecule has 1 saturated heterocycles. The zero-order chi connectivity index (χ0) is 11.8. The molecule has 1 unspecified atom stereocenters. The van der Waals surface area contributed by atoms with Crippen molar-refractivity contribution in [3.05, 3.63) is 17.3 Å². The van der Waals surface area contributed by atoms with Crippen LogP contribution in [0.25, 0.3) is 4.96 Å². The molecule has 1 atom stereocenters. The third-order valence-corrected chi connectivity index (χ3v) is 5.18. The van der Waals surface area contributed by atoms with E-state index in [4.69, 9.17) is 0 Å². The Morgan fingerprint density at radius 3 is 3.24 bits per heavy atom. The van der Waals surface area contributed by atoms with E-state index in [9.17, 15) is 5.11 Å². The summed E-state index contributed by atoms with van der Waals surface area (Å²) in [4.78, 5) is 7.81. The molecule has 0 radical (unpaired) electrons. The van der Waals surface area contributed by atoms with Crippen molar-refractivity contribution >= 4 is 33.9 Å². The van der Waals surface area contributed by atoms with Crippen molar-refractivity contribution < 1.29 is 5.11 Å². The van der Waals surface area contributed by atoms with Gasteiger partial charge in [-0.1, -0.05) is 0 Å². The number of aromatic nitrogens is 2. The predicted molar refractivity (Wildman–Crippen MR) is 73.1 cm³/mol. The van der Waals surface area contributed by atoms with Crippen molar-refractivity contribution in [3.8, 4) is 0 Å². The molecule has 2 aromatic heterocycles. The van der Waals surface area contributed by atoms with E-state index in [0.29, 0.717) is 6.04 Å². The van der Waals surface area contributed by atoms with Crippen molar-refractivity contribution in [3.63, 3.8) is 0 Å². The van der Waals surface area contributed by atoms with Gasteiger partial charge in [-0.15, -0.1) is 11.3 Å². The lowest BCUT2D eigenvalue weighted by atomic mass is 10.2. The number of rotatable bonds is 3. The van der Waals surface area contributed by atoms with Crippen LogP contribution >= 0.6 is 23.1 Å². The summed E-state index contributed by atoms with van der Waals surface area (Å²) in [6.45, 7) is 0.0391. The Bertz CT molecular complexity index is 516. The van der Waals surface area contributed by atoms with Crippen LogP contribution in [0.5, 0.6) is 0 Å². The molecule has 1 aliphatic heterocycles. The number of thioether (sulfide) groups is 1. The van der Waals surface area contributed by atoms with Crippen LogP contribution in [-0.4, -0.2) is 39.1 Å². The molecule has 3 heterocycles. The van der Waals surface area contributed by atoms with Crippen LogP contribution in [0.15, 0.2) is 11.6 Å². The quantitative estimate of drug-likeness (QED) is 0.923. The maximum absolute atomic E-state index is 9.53. The molecule has 1 aliphatic rings. The van der Waals surface area contributed by atoms with E-state index in [1.54, 1.807) is 11.3 Å². The fourth-order valence-corrected chi connectivity index (χ4v) is 4.25. The fraction of sp³-hybridized carbons (Fsp3) is 0.545. The smallest absolute Gasteiger partial charge is 0.195 e. The summed E-state index contributed by atoms with van der Waals surface area (Å²) in [6.07, 6.45) is 3.18. The molecule has 1 N–H and O–H groups in total. The molecule has 0 spiro atoms. The maximum Gasteiger partial charge on any atom is 0.195 e. The molecular formula is C11H15N3OS2. The van der Waals surface area contributed by atoms with Crippen LogP contribution in [0.2, 0.25) is 0 Å². The summed E-state index contributed by atoms with van der Waals surface area (Å²) in [7, 11) is 2.09. The molecule has 3 rings (SSSR count). The summed E-state index contributed by atoms with van der Waals surface area (Å²) in [5, 5.41) is 11.5. The van der Waals surface area contributed by atoms with Crippen LogP contribution in [0.4, 0.5) is 5.82 Å². The number of nitrogens with zero attached hydrogens (tertiary/aromatic N) is 3. The number of imidazole rings is 1. The van der Waals surface area contributed by atoms with E-state index >= 15 is 0 Å². The molecule has 17 heavy (non-hydrogen) atoms. The molecule has 0 aliphatic carbocycles. The van der Waals surface area contributed by atoms with Crippen molar-refractivity contribution in [2.75, 3.05) is 23.5 Å². The minimum Gasteiger partial charge on any atom is -0.390 e. The molecule has 92 valence electrons. The van der Waals surface area contributed by atoms with Crippen molar-refractivity contribution in [1.29, 1.82) is 0 Å². The van der Waals surface area contributed by atoms with Gasteiger partial charge in [-0.05, 0) is 12.2 Å². The average Bonchev–Trinajstić information content (AvgIpc) is 3.03. The molecule has 0 bridgehead atoms. The van der Waals surface area contributed by atoms with E-state index in [1.807, 2.05) is 27.7 Å². The summed E-state index contributed by atoms with van der Waals surface area (Å²) in [5.41, 5.74) is 0.903. The van der Waals surface area contributed by atoms with Gasteiger partial charge in [0.1, 0.15) is 0 Å². The Hall–Kier alpha value is -0.720. The van der Waals surface area contributed by atoms with E-state index in [0.717, 1.165) is 22.2 Å². The molecule has 0 amide bonds. The minimum atomic E-state index is 0.0391. The van der Waals surface area contributed by atoms with Gasteiger partial charge in [0.2, 0.25) is 0 Å². The summed E-state index contributed by atoms with van der Waals surface area (Å²) in [6, 6.07) is 0.551. The molecule has 0 saturated carbocycles. The van der Waals surface area contributed by atoms with E-state index < -0.39 is 0 Å². The van der Waals surface area contributed by atoms with Gasteiger partial charge < -0.3 is 10.0 Å². The van der Waals surface area contributed by atoms with E-state index in [1.165, 1.54) is 12.2 Å². The number of anilines is 1. The first-order chi connectivity index (χ1) is 8.31. The van der Waals surface area contributed by atoms with Gasteiger partial charge in [0, 0.05) is 30.4 Å². The van der Waals surface area contributed by atoms with Crippen molar-refractivity contribution in [2.45, 2.75) is 19.1 Å². The number of hydrogen-bond donors (Lipinski definition) is 1. The first kappa shape index (κ1) is 11.4. The van der Waals surface area contributed by atoms with Gasteiger partial charge in [-0.2, -0.15) is 11.8 Å². The van der Waals surface area contributed by atoms with Crippen LogP contribution in [0, 0.1) is 0 Å². The Balaban J connectivity index is 2.00. The SMILES string of the molecule is CN(c1nc2sccn2c1CO)C1CCSC1. The Morgan fingerprint density at radius 1 is 1.65 bits per heavy atom. The zero-order valence-electron chi connectivity index (χ0n) is 9.67. The number of aliphatic hydroxyl groups excluding tert-OH is 1. The Morgan fingerprint density at radius 2 is 2.53 bits per heavy atom. The summed E-state index contributed by atoms with van der Waals surface area (Å²) >= 11 is 3.60. The zero-order valence-corrected chi connectivity index (χ0v) is 11.3. The highest BCUT2D eigenvalue weighted by Gasteiger charge is 2.25. The topological polar surface area (TPSA) is 40.8 Å². The van der Waals surface area contributed by atoms with Crippen molar-refractivity contribution in [1.82, 2.24) is 9.38 Å². The summed E-state index contributed by atoms with van der Waals surface area (Å²) < 4.78 is 1.98. The molecule has 6 heteroatoms. The average molecular weight is 269 g/mol. The predicted octanol–water partition coefficient (Wildman–Crippen LogP) is 1.83. The van der Waals surface area contributed by atoms with Gasteiger partial charge in [0.15, 0.2) is 10.8 Å². The van der Waals surface area contributed by atoms with Gasteiger partial charge in [-0.3, -0.25) is 4.40 Å². The Kier molecular flexibility index (Phi) is 3.02. The molecule has 2 aromatic rings. The second kappa shape index (κ2) is 4.51. The number of aliphatic hydroxyl groups is 1. The molecule has 0 aromatic carbocycles. The second-order valence-corrected chi connectivity index (χ2v) is 6.25. The molecule has 1 fully saturated rings. The van der Waals surface area contributed by atoms with Gasteiger partial charge >= 0.3 is 0 Å². The highest BCUT2D eigenvalue weighted by molar-refractivity contribution is 7.99. The van der Waals surface area contributed by atoms with E-state index in [2.05, 4.69) is 16.9 Å². The lowest BCUT2D eigenvalue weighted by Gasteiger charge is -2.24. The third kappa shape index (κ3) is 1.84. The van der Waals surface area contributed by atoms with Gasteiger partial charge in [0.05, 0.1) is 12.3 Å². The number of thiazole rings is 1. The van der Waals surface area contributed by atoms with E-state index in [-0.39, 0.29) is 6.61 Å². The lowest BCUT2D eigenvalue weighted by Crippen LogP contribution is -2.32. The Labute approximate surface area is 108 Å². The normalized spacial score (nSPS) is 20.2. The van der Waals surface area contributed by atoms with Gasteiger partial charge in [-0.25, -0.2) is 4.98 Å². The molecule has 4 nitrogen and oxygen atoms in total. The minimum absolute atomic E-state index is 0.0391. The molecular weight excluding hydrogens is 254 g/mol. The van der Waals surface area contributed by atoms with Crippen LogP contribution in [0.3, 0.4) is 0 Å². The van der Waals surface area contributed by atoms with Gasteiger partial charge in [0.25, 0.3) is 0 Å². The monoisotopic (exact) mass is 269 g/mol. The summed E-state index contributed by atoms with van der Waals surface area (Å²) in [5.74, 6) is 3.32. The third-order valence-electron chi connectivity index (χ3n) is 3.28. The number of hydrogen-bond acceptors (Lipinski definition) is 5.